The highest BCUT2D eigenvalue weighted by atomic mass is 19.1. The van der Waals surface area contributed by atoms with Gasteiger partial charge in [-0.2, -0.15) is 5.26 Å². The summed E-state index contributed by atoms with van der Waals surface area (Å²) in [5.74, 6) is 1.15. The van der Waals surface area contributed by atoms with Gasteiger partial charge in [-0.3, -0.25) is 0 Å². The van der Waals surface area contributed by atoms with E-state index in [0.29, 0.717) is 64.2 Å². The van der Waals surface area contributed by atoms with Crippen LogP contribution in [0, 0.1) is 17.1 Å². The van der Waals surface area contributed by atoms with E-state index in [0.717, 1.165) is 11.1 Å². The second kappa shape index (κ2) is 15.1. The first-order valence-electron chi connectivity index (χ1n) is 16.6. The van der Waals surface area contributed by atoms with E-state index >= 15 is 4.39 Å². The summed E-state index contributed by atoms with van der Waals surface area (Å²) in [6, 6.07) is 30.9. The lowest BCUT2D eigenvalue weighted by atomic mass is 10.0. The minimum atomic E-state index is -1.56. The molecule has 0 fully saturated rings. The molecule has 0 radical (unpaired) electrons. The first kappa shape index (κ1) is 34.5. The van der Waals surface area contributed by atoms with Crippen LogP contribution in [0.5, 0.6) is 11.5 Å². The van der Waals surface area contributed by atoms with E-state index in [-0.39, 0.29) is 17.0 Å². The van der Waals surface area contributed by atoms with Crippen LogP contribution in [0.25, 0.3) is 34.4 Å². The molecule has 0 bridgehead atoms. The van der Waals surface area contributed by atoms with Crippen molar-refractivity contribution in [3.8, 4) is 40.2 Å². The van der Waals surface area contributed by atoms with E-state index < -0.39 is 11.9 Å². The number of rotatable bonds is 12. The molecule has 1 unspecified atom stereocenters. The SMILES string of the molecule is C=Cc1cccc(F)c1C(O)c1nc2c(N(Cc3ccc(OC)cc3)Cc3ccc(OC)cc3)nc(-c3cccc(C#N)c3)c(-c3ccncn3)n2n1. The van der Waals surface area contributed by atoms with Crippen LogP contribution in [0.4, 0.5) is 10.2 Å². The van der Waals surface area contributed by atoms with Crippen LogP contribution in [-0.2, 0) is 13.1 Å². The molecule has 262 valence electrons. The predicted molar refractivity (Wildman–Crippen MR) is 198 cm³/mol. The third-order valence-corrected chi connectivity index (χ3v) is 8.76. The molecular formula is C41H33FN8O3. The van der Waals surface area contributed by atoms with Crippen molar-refractivity contribution in [3.63, 3.8) is 0 Å². The van der Waals surface area contributed by atoms with Crippen LogP contribution in [0.15, 0.2) is 116 Å². The highest BCUT2D eigenvalue weighted by Gasteiger charge is 2.29. The summed E-state index contributed by atoms with van der Waals surface area (Å²) in [6.07, 6.45) is 2.92. The maximum atomic E-state index is 15.4. The van der Waals surface area contributed by atoms with Crippen LogP contribution in [0.3, 0.4) is 0 Å². The van der Waals surface area contributed by atoms with Crippen molar-refractivity contribution in [2.75, 3.05) is 19.1 Å². The second-order valence-electron chi connectivity index (χ2n) is 12.0. The van der Waals surface area contributed by atoms with Gasteiger partial charge in [-0.05, 0) is 65.2 Å². The number of aliphatic hydroxyl groups is 1. The number of halogens is 1. The molecule has 3 heterocycles. The average Bonchev–Trinajstić information content (AvgIpc) is 3.66. The van der Waals surface area contributed by atoms with Gasteiger partial charge in [0.05, 0.1) is 31.5 Å². The number of nitriles is 1. The first-order valence-corrected chi connectivity index (χ1v) is 16.6. The van der Waals surface area contributed by atoms with E-state index in [9.17, 15) is 10.4 Å². The molecule has 53 heavy (non-hydrogen) atoms. The number of anilines is 1. The molecule has 0 aliphatic heterocycles. The molecule has 7 aromatic rings. The highest BCUT2D eigenvalue weighted by molar-refractivity contribution is 5.83. The van der Waals surface area contributed by atoms with Gasteiger partial charge in [0.25, 0.3) is 0 Å². The monoisotopic (exact) mass is 704 g/mol. The van der Waals surface area contributed by atoms with Crippen molar-refractivity contribution >= 4 is 17.5 Å². The maximum absolute atomic E-state index is 15.4. The third-order valence-electron chi connectivity index (χ3n) is 8.76. The van der Waals surface area contributed by atoms with E-state index in [1.807, 2.05) is 59.5 Å². The van der Waals surface area contributed by atoms with Crippen molar-refractivity contribution in [2.24, 2.45) is 0 Å². The Balaban J connectivity index is 1.52. The lowest BCUT2D eigenvalue weighted by molar-refractivity contribution is 0.204. The Bertz CT molecular complexity index is 2400. The zero-order valence-electron chi connectivity index (χ0n) is 28.9. The van der Waals surface area contributed by atoms with Gasteiger partial charge in [0, 0.05) is 30.4 Å². The number of ether oxygens (including phenoxy) is 2. The summed E-state index contributed by atoms with van der Waals surface area (Å²) < 4.78 is 27.8. The molecule has 3 aromatic heterocycles. The van der Waals surface area contributed by atoms with Gasteiger partial charge in [0.2, 0.25) is 0 Å². The van der Waals surface area contributed by atoms with E-state index in [4.69, 9.17) is 24.5 Å². The van der Waals surface area contributed by atoms with Gasteiger partial charge in [0.1, 0.15) is 41.1 Å². The molecule has 0 saturated heterocycles. The standard InChI is InChI=1S/C41H33FN8O3/c1-4-29-8-6-10-33(42)35(29)38(51)39-47-41-40(49(23-26-11-15-31(52-2)16-12-26)24-27-13-17-32(53-3)18-14-27)46-36(30-9-5-7-28(21-30)22-43)37(50(41)48-39)34-19-20-44-25-45-34/h4-21,25,38,51H,1,23-24H2,2-3H3. The lowest BCUT2D eigenvalue weighted by Crippen LogP contribution is -2.25. The Morgan fingerprint density at radius 3 is 2.21 bits per heavy atom. The van der Waals surface area contributed by atoms with Crippen LogP contribution in [0.1, 0.15) is 39.7 Å². The zero-order chi connectivity index (χ0) is 36.9. The van der Waals surface area contributed by atoms with Crippen molar-refractivity contribution in [1.29, 1.82) is 5.26 Å². The van der Waals surface area contributed by atoms with Crippen molar-refractivity contribution in [1.82, 2.24) is 29.5 Å². The summed E-state index contributed by atoms with van der Waals surface area (Å²) in [5.41, 5.74) is 4.97. The Kier molecular flexibility index (Phi) is 9.82. The molecule has 0 saturated carbocycles. The largest absolute Gasteiger partial charge is 0.497 e. The van der Waals surface area contributed by atoms with Crippen LogP contribution >= 0.6 is 0 Å². The minimum Gasteiger partial charge on any atom is -0.497 e. The summed E-state index contributed by atoms with van der Waals surface area (Å²) in [7, 11) is 3.23. The molecule has 1 N–H and O–H groups in total. The smallest absolute Gasteiger partial charge is 0.199 e. The van der Waals surface area contributed by atoms with Crippen LogP contribution < -0.4 is 14.4 Å². The molecular weight excluding hydrogens is 672 g/mol. The van der Waals surface area contributed by atoms with Crippen molar-refractivity contribution in [2.45, 2.75) is 19.2 Å². The number of aromatic nitrogens is 6. The molecule has 1 atom stereocenters. The maximum Gasteiger partial charge on any atom is 0.199 e. The predicted octanol–water partition coefficient (Wildman–Crippen LogP) is 7.21. The lowest BCUT2D eigenvalue weighted by Gasteiger charge is -2.26. The molecule has 12 heteroatoms. The topological polar surface area (TPSA) is 135 Å². The number of hydrogen-bond donors (Lipinski definition) is 1. The zero-order valence-corrected chi connectivity index (χ0v) is 28.9. The Hall–Kier alpha value is -6.97. The van der Waals surface area contributed by atoms with E-state index in [1.54, 1.807) is 61.3 Å². The van der Waals surface area contributed by atoms with Gasteiger partial charge in [0.15, 0.2) is 17.3 Å². The Morgan fingerprint density at radius 2 is 1.60 bits per heavy atom. The number of aliphatic hydroxyl groups excluding tert-OH is 1. The van der Waals surface area contributed by atoms with E-state index in [2.05, 4.69) is 22.6 Å². The first-order chi connectivity index (χ1) is 25.9. The fourth-order valence-corrected chi connectivity index (χ4v) is 6.12. The third kappa shape index (κ3) is 7.01. The number of nitrogens with zero attached hydrogens (tertiary/aromatic N) is 8. The quantitative estimate of drug-likeness (QED) is 0.139. The summed E-state index contributed by atoms with van der Waals surface area (Å²) in [4.78, 5) is 20.9. The van der Waals surface area contributed by atoms with Gasteiger partial charge in [-0.25, -0.2) is 28.8 Å². The molecule has 0 spiro atoms. The molecule has 0 aliphatic carbocycles. The second-order valence-corrected chi connectivity index (χ2v) is 12.0. The molecule has 11 nitrogen and oxygen atoms in total. The van der Waals surface area contributed by atoms with E-state index in [1.165, 1.54) is 18.5 Å². The molecule has 0 aliphatic rings. The molecule has 4 aromatic carbocycles. The minimum absolute atomic E-state index is 0.00762. The van der Waals surface area contributed by atoms with Gasteiger partial charge in [-0.15, -0.1) is 5.10 Å². The molecule has 0 amide bonds. The molecule has 7 rings (SSSR count). The fraction of sp³-hybridized carbons (Fsp3) is 0.122. The number of benzene rings is 4. The fourth-order valence-electron chi connectivity index (χ4n) is 6.12. The summed E-state index contributed by atoms with van der Waals surface area (Å²) in [5, 5.41) is 26.4. The van der Waals surface area contributed by atoms with Crippen LogP contribution in [-0.4, -0.2) is 48.9 Å². The normalized spacial score (nSPS) is 11.5. The Labute approximate surface area is 304 Å². The average molecular weight is 705 g/mol. The van der Waals surface area contributed by atoms with Crippen LogP contribution in [0.2, 0.25) is 0 Å². The van der Waals surface area contributed by atoms with Crippen molar-refractivity contribution in [3.05, 3.63) is 156 Å². The van der Waals surface area contributed by atoms with Gasteiger partial charge < -0.3 is 19.5 Å². The Morgan fingerprint density at radius 1 is 0.925 bits per heavy atom. The number of fused-ring (bicyclic) bond motifs is 1. The highest BCUT2D eigenvalue weighted by Crippen LogP contribution is 2.37. The summed E-state index contributed by atoms with van der Waals surface area (Å²) >= 11 is 0. The van der Waals surface area contributed by atoms with Gasteiger partial charge in [-0.1, -0.05) is 61.2 Å². The van der Waals surface area contributed by atoms with Gasteiger partial charge >= 0.3 is 0 Å². The number of hydrogen-bond acceptors (Lipinski definition) is 10. The number of methoxy groups -OCH3 is 2. The summed E-state index contributed by atoms with van der Waals surface area (Å²) in [6.45, 7) is 4.56. The van der Waals surface area contributed by atoms with Crippen molar-refractivity contribution < 1.29 is 19.0 Å².